The van der Waals surface area contributed by atoms with Crippen LogP contribution in [0, 0.1) is 0 Å². The van der Waals surface area contributed by atoms with Gasteiger partial charge >= 0.3 is 0 Å². The fraction of sp³-hybridized carbons (Fsp3) is 0.389. The van der Waals surface area contributed by atoms with Crippen molar-refractivity contribution < 1.29 is 9.32 Å². The van der Waals surface area contributed by atoms with E-state index in [1.165, 1.54) is 0 Å². The van der Waals surface area contributed by atoms with E-state index in [0.29, 0.717) is 5.92 Å². The first-order valence-electron chi connectivity index (χ1n) is 8.45. The van der Waals surface area contributed by atoms with Gasteiger partial charge < -0.3 is 14.8 Å². The zero-order chi connectivity index (χ0) is 17.2. The summed E-state index contributed by atoms with van der Waals surface area (Å²) in [6.45, 7) is 0. The van der Waals surface area contributed by atoms with Gasteiger partial charge in [0.05, 0.1) is 22.8 Å². The molecule has 2 N–H and O–H groups in total. The fourth-order valence-electron chi connectivity index (χ4n) is 2.85. The Kier molecular flexibility index (Phi) is 4.48. The summed E-state index contributed by atoms with van der Waals surface area (Å²) in [6, 6.07) is 9.43. The van der Waals surface area contributed by atoms with Crippen molar-refractivity contribution in [2.75, 3.05) is 12.0 Å². The second-order valence-electron chi connectivity index (χ2n) is 6.34. The van der Waals surface area contributed by atoms with Crippen LogP contribution in [0.2, 0.25) is 0 Å². The van der Waals surface area contributed by atoms with Crippen LogP contribution in [0.1, 0.15) is 53.3 Å². The molecular weight excluding hydrogens is 336 g/mol. The average molecular weight is 356 g/mol. The maximum atomic E-state index is 12.6. The van der Waals surface area contributed by atoms with Gasteiger partial charge in [0, 0.05) is 12.0 Å². The maximum absolute atomic E-state index is 12.6. The summed E-state index contributed by atoms with van der Waals surface area (Å²) in [5.41, 5.74) is 2.75. The number of nitrogens with one attached hydrogen (secondary N) is 2. The van der Waals surface area contributed by atoms with Crippen molar-refractivity contribution in [1.82, 2.24) is 20.4 Å². The molecule has 130 valence electrons. The molecule has 1 saturated carbocycles. The third-order valence-electron chi connectivity index (χ3n) is 4.40. The minimum atomic E-state index is -0.244. The Hall–Kier alpha value is -2.28. The number of amides is 1. The number of aromatic nitrogens is 3. The molecule has 25 heavy (non-hydrogen) atoms. The number of rotatable bonds is 7. The van der Waals surface area contributed by atoms with Gasteiger partial charge in [0.2, 0.25) is 5.76 Å². The molecule has 4 rings (SSSR count). The Balaban J connectivity index is 1.54. The van der Waals surface area contributed by atoms with Crippen molar-refractivity contribution in [3.8, 4) is 0 Å². The number of carbonyl (C=O) groups excluding carboxylic acids is 1. The van der Waals surface area contributed by atoms with Gasteiger partial charge in [-0.1, -0.05) is 17.3 Å². The first kappa shape index (κ1) is 16.2. The Labute approximate surface area is 149 Å². The molecule has 3 aromatic rings. The summed E-state index contributed by atoms with van der Waals surface area (Å²) < 4.78 is 5.23. The summed E-state index contributed by atoms with van der Waals surface area (Å²) in [5, 5.41) is 7.05. The van der Waals surface area contributed by atoms with Gasteiger partial charge in [-0.15, -0.1) is 0 Å². The normalized spacial score (nSPS) is 15.4. The molecular formula is C18H20N4O2S. The molecule has 1 aliphatic carbocycles. The zero-order valence-electron chi connectivity index (χ0n) is 14.0. The highest BCUT2D eigenvalue weighted by molar-refractivity contribution is 7.98. The summed E-state index contributed by atoms with van der Waals surface area (Å²) >= 11 is 1.74. The van der Waals surface area contributed by atoms with E-state index in [1.54, 1.807) is 17.8 Å². The number of benzene rings is 1. The molecule has 1 fully saturated rings. The van der Waals surface area contributed by atoms with Crippen LogP contribution in [-0.4, -0.2) is 33.0 Å². The Morgan fingerprint density at radius 3 is 3.04 bits per heavy atom. The number of carbonyl (C=O) groups is 1. The molecule has 1 unspecified atom stereocenters. The van der Waals surface area contributed by atoms with E-state index in [1.807, 2.05) is 24.3 Å². The Bertz CT molecular complexity index is 851. The fourth-order valence-corrected chi connectivity index (χ4v) is 3.32. The van der Waals surface area contributed by atoms with Crippen LogP contribution in [0.5, 0.6) is 0 Å². The lowest BCUT2D eigenvalue weighted by molar-refractivity contribution is 0.0896. The van der Waals surface area contributed by atoms with Crippen molar-refractivity contribution in [2.45, 2.75) is 31.2 Å². The number of H-pyrrole nitrogens is 1. The maximum Gasteiger partial charge on any atom is 0.290 e. The first-order chi connectivity index (χ1) is 12.2. The van der Waals surface area contributed by atoms with Gasteiger partial charge in [-0.2, -0.15) is 11.8 Å². The van der Waals surface area contributed by atoms with Crippen LogP contribution in [0.15, 0.2) is 34.9 Å². The molecule has 0 aliphatic heterocycles. The number of para-hydroxylation sites is 2. The van der Waals surface area contributed by atoms with E-state index in [2.05, 4.69) is 26.7 Å². The van der Waals surface area contributed by atoms with Crippen LogP contribution < -0.4 is 5.32 Å². The molecule has 0 bridgehead atoms. The Morgan fingerprint density at radius 2 is 2.28 bits per heavy atom. The molecule has 0 saturated heterocycles. The number of hydrogen-bond acceptors (Lipinski definition) is 5. The molecule has 2 aromatic heterocycles. The SMILES string of the molecule is CSCCC(NC(=O)c1cc(C2CC2)no1)c1nc2ccccc2[nH]1. The number of fused-ring (bicyclic) bond motifs is 1. The van der Waals surface area contributed by atoms with Gasteiger partial charge in [0.1, 0.15) is 5.82 Å². The van der Waals surface area contributed by atoms with Crippen LogP contribution in [0.3, 0.4) is 0 Å². The molecule has 1 aromatic carbocycles. The molecule has 7 heteroatoms. The minimum absolute atomic E-state index is 0.193. The Morgan fingerprint density at radius 1 is 1.44 bits per heavy atom. The van der Waals surface area contributed by atoms with Crippen LogP contribution in [-0.2, 0) is 0 Å². The van der Waals surface area contributed by atoms with Crippen molar-refractivity contribution in [1.29, 1.82) is 0 Å². The van der Waals surface area contributed by atoms with E-state index in [4.69, 9.17) is 4.52 Å². The highest BCUT2D eigenvalue weighted by Crippen LogP contribution is 2.39. The number of thioether (sulfide) groups is 1. The van der Waals surface area contributed by atoms with E-state index >= 15 is 0 Å². The van der Waals surface area contributed by atoms with Crippen LogP contribution >= 0.6 is 11.8 Å². The lowest BCUT2D eigenvalue weighted by atomic mass is 10.2. The molecule has 2 heterocycles. The number of nitrogens with zero attached hydrogens (tertiary/aromatic N) is 2. The largest absolute Gasteiger partial charge is 0.351 e. The van der Waals surface area contributed by atoms with Gasteiger partial charge in [-0.3, -0.25) is 4.79 Å². The molecule has 1 atom stereocenters. The van der Waals surface area contributed by atoms with E-state index < -0.39 is 0 Å². The standard InChI is InChI=1S/C18H20N4O2S/c1-25-9-8-14(17-19-12-4-2-3-5-13(12)20-17)21-18(23)16-10-15(22-24-16)11-6-7-11/h2-5,10-11,14H,6-9H2,1H3,(H,19,20)(H,21,23). The van der Waals surface area contributed by atoms with Crippen molar-refractivity contribution in [2.24, 2.45) is 0 Å². The lowest BCUT2D eigenvalue weighted by Gasteiger charge is -2.15. The first-order valence-corrected chi connectivity index (χ1v) is 9.85. The third-order valence-corrected chi connectivity index (χ3v) is 5.05. The molecule has 1 amide bonds. The quantitative estimate of drug-likeness (QED) is 0.675. The highest BCUT2D eigenvalue weighted by Gasteiger charge is 2.29. The predicted octanol–water partition coefficient (Wildman–Crippen LogP) is 3.65. The topological polar surface area (TPSA) is 83.8 Å². The van der Waals surface area contributed by atoms with Crippen LogP contribution in [0.25, 0.3) is 11.0 Å². The summed E-state index contributed by atoms with van der Waals surface area (Å²) in [4.78, 5) is 20.5. The van der Waals surface area contributed by atoms with Gasteiger partial charge in [-0.25, -0.2) is 4.98 Å². The summed E-state index contributed by atoms with van der Waals surface area (Å²) in [6.07, 6.45) is 5.10. The average Bonchev–Trinajstić information content (AvgIpc) is 3.20. The third kappa shape index (κ3) is 3.56. The van der Waals surface area contributed by atoms with E-state index in [9.17, 15) is 4.79 Å². The zero-order valence-corrected chi connectivity index (χ0v) is 14.8. The minimum Gasteiger partial charge on any atom is -0.351 e. The lowest BCUT2D eigenvalue weighted by Crippen LogP contribution is -2.29. The van der Waals surface area contributed by atoms with Crippen LogP contribution in [0.4, 0.5) is 0 Å². The smallest absolute Gasteiger partial charge is 0.290 e. The predicted molar refractivity (Wildman–Crippen MR) is 97.8 cm³/mol. The summed E-state index contributed by atoms with van der Waals surface area (Å²) in [5.74, 6) is 2.18. The highest BCUT2D eigenvalue weighted by atomic mass is 32.2. The monoisotopic (exact) mass is 356 g/mol. The van der Waals surface area contributed by atoms with Gasteiger partial charge in [0.25, 0.3) is 5.91 Å². The van der Waals surface area contributed by atoms with E-state index in [-0.39, 0.29) is 17.7 Å². The van der Waals surface area contributed by atoms with Crippen molar-refractivity contribution >= 4 is 28.7 Å². The number of imidazole rings is 1. The summed E-state index contributed by atoms with van der Waals surface area (Å²) in [7, 11) is 0. The second kappa shape index (κ2) is 6.92. The van der Waals surface area contributed by atoms with Gasteiger partial charge in [-0.05, 0) is 43.4 Å². The molecule has 0 spiro atoms. The van der Waals surface area contributed by atoms with Gasteiger partial charge in [0.15, 0.2) is 0 Å². The number of aromatic amines is 1. The molecule has 0 radical (unpaired) electrons. The van der Waals surface area contributed by atoms with E-state index in [0.717, 1.165) is 47.6 Å². The molecule has 1 aliphatic rings. The second-order valence-corrected chi connectivity index (χ2v) is 7.32. The molecule has 6 nitrogen and oxygen atoms in total. The van der Waals surface area contributed by atoms with Crippen molar-refractivity contribution in [3.05, 3.63) is 47.6 Å². The van der Waals surface area contributed by atoms with Crippen molar-refractivity contribution in [3.63, 3.8) is 0 Å². The number of hydrogen-bond donors (Lipinski definition) is 2.